The highest BCUT2D eigenvalue weighted by Gasteiger charge is 2.12. The van der Waals surface area contributed by atoms with Gasteiger partial charge in [-0.2, -0.15) is 0 Å². The van der Waals surface area contributed by atoms with Gasteiger partial charge in [-0.05, 0) is 36.2 Å². The summed E-state index contributed by atoms with van der Waals surface area (Å²) in [5, 5.41) is 16.7. The van der Waals surface area contributed by atoms with Crippen LogP contribution in [0.15, 0.2) is 53.4 Å². The third-order valence-electron chi connectivity index (χ3n) is 3.32. The van der Waals surface area contributed by atoms with Gasteiger partial charge in [-0.25, -0.2) is 18.4 Å². The Morgan fingerprint density at radius 2 is 1.79 bits per heavy atom. The first kappa shape index (κ1) is 17.6. The summed E-state index contributed by atoms with van der Waals surface area (Å²) in [4.78, 5) is 23.0. The number of rotatable bonds is 6. The van der Waals surface area contributed by atoms with E-state index < -0.39 is 16.0 Å². The van der Waals surface area contributed by atoms with Crippen LogP contribution in [0.4, 0.5) is 5.69 Å². The van der Waals surface area contributed by atoms with Crippen molar-refractivity contribution >= 4 is 27.6 Å². The van der Waals surface area contributed by atoms with Gasteiger partial charge in [-0.15, -0.1) is 0 Å². The number of aromatic carboxylic acids is 1. The third-order valence-corrected chi connectivity index (χ3v) is 4.23. The van der Waals surface area contributed by atoms with Crippen LogP contribution in [0.1, 0.15) is 22.3 Å². The van der Waals surface area contributed by atoms with Crippen LogP contribution >= 0.6 is 0 Å². The van der Waals surface area contributed by atoms with Gasteiger partial charge in [0.05, 0.1) is 10.5 Å². The topological polar surface area (TPSA) is 127 Å². The highest BCUT2D eigenvalue weighted by atomic mass is 32.2. The Morgan fingerprint density at radius 1 is 1.08 bits per heavy atom. The van der Waals surface area contributed by atoms with Gasteiger partial charge >= 0.3 is 5.97 Å². The molecule has 2 rings (SSSR count). The molecule has 0 saturated heterocycles. The van der Waals surface area contributed by atoms with Crippen LogP contribution in [-0.4, -0.2) is 25.4 Å². The van der Waals surface area contributed by atoms with Crippen LogP contribution < -0.4 is 10.5 Å². The molecule has 0 aliphatic carbocycles. The number of aryl methyl sites for hydroxylation is 1. The fourth-order valence-corrected chi connectivity index (χ4v) is 2.73. The maximum Gasteiger partial charge on any atom is 0.335 e. The molecule has 0 aromatic heterocycles. The maximum atomic E-state index is 12.0. The normalized spacial score (nSPS) is 11.0. The largest absolute Gasteiger partial charge is 0.478 e. The first-order valence-corrected chi connectivity index (χ1v) is 8.56. The van der Waals surface area contributed by atoms with Crippen molar-refractivity contribution in [2.75, 3.05) is 5.32 Å². The van der Waals surface area contributed by atoms with Crippen molar-refractivity contribution in [3.8, 4) is 0 Å². The van der Waals surface area contributed by atoms with Gasteiger partial charge in [0.2, 0.25) is 15.9 Å². The number of carbonyl (C=O) groups is 2. The summed E-state index contributed by atoms with van der Waals surface area (Å²) >= 11 is 0. The standard InChI is InChI=1S/C16H16N2O5S/c17-24(22,23)13-6-3-5-12(10-13)18-15(19)9-8-11-4-1-2-7-14(11)16(20)21/h1-7,10H,8-9H2,(H,18,19)(H,20,21)(H2,17,22,23). The van der Waals surface area contributed by atoms with Gasteiger partial charge in [0.15, 0.2) is 0 Å². The number of benzene rings is 2. The molecule has 0 saturated carbocycles. The van der Waals surface area contributed by atoms with Crippen molar-refractivity contribution in [2.45, 2.75) is 17.7 Å². The van der Waals surface area contributed by atoms with Gasteiger partial charge in [0.25, 0.3) is 0 Å². The number of carbonyl (C=O) groups excluding carboxylic acids is 1. The van der Waals surface area contributed by atoms with Crippen molar-refractivity contribution in [3.05, 3.63) is 59.7 Å². The molecular formula is C16H16N2O5S. The summed E-state index contributed by atoms with van der Waals surface area (Å²) in [7, 11) is -3.85. The summed E-state index contributed by atoms with van der Waals surface area (Å²) in [6.45, 7) is 0. The van der Waals surface area contributed by atoms with Crippen LogP contribution in [0.5, 0.6) is 0 Å². The van der Waals surface area contributed by atoms with E-state index in [4.69, 9.17) is 10.2 Å². The van der Waals surface area contributed by atoms with E-state index in [0.29, 0.717) is 11.3 Å². The molecule has 0 unspecified atom stereocenters. The number of anilines is 1. The summed E-state index contributed by atoms with van der Waals surface area (Å²) in [5.41, 5.74) is 1.01. The van der Waals surface area contributed by atoms with E-state index in [1.165, 1.54) is 30.3 Å². The number of amides is 1. The van der Waals surface area contributed by atoms with E-state index in [2.05, 4.69) is 5.32 Å². The van der Waals surface area contributed by atoms with E-state index in [1.54, 1.807) is 18.2 Å². The molecule has 126 valence electrons. The molecular weight excluding hydrogens is 332 g/mol. The minimum Gasteiger partial charge on any atom is -0.478 e. The summed E-state index contributed by atoms with van der Waals surface area (Å²) in [6.07, 6.45) is 0.313. The molecule has 0 aliphatic rings. The second-order valence-electron chi connectivity index (χ2n) is 5.08. The number of hydrogen-bond acceptors (Lipinski definition) is 4. The summed E-state index contributed by atoms with van der Waals surface area (Å²) in [5.74, 6) is -1.41. The molecule has 0 bridgehead atoms. The number of primary sulfonamides is 1. The molecule has 8 heteroatoms. The van der Waals surface area contributed by atoms with Crippen molar-refractivity contribution in [2.24, 2.45) is 5.14 Å². The van der Waals surface area contributed by atoms with Crippen molar-refractivity contribution < 1.29 is 23.1 Å². The van der Waals surface area contributed by atoms with Gasteiger partial charge in [0.1, 0.15) is 0 Å². The monoisotopic (exact) mass is 348 g/mol. The summed E-state index contributed by atoms with van der Waals surface area (Å²) in [6, 6.07) is 12.0. The lowest BCUT2D eigenvalue weighted by atomic mass is 10.0. The molecule has 0 heterocycles. The van der Waals surface area contributed by atoms with Crippen LogP contribution in [0, 0.1) is 0 Å². The SMILES string of the molecule is NS(=O)(=O)c1cccc(NC(=O)CCc2ccccc2C(=O)O)c1. The fraction of sp³-hybridized carbons (Fsp3) is 0.125. The molecule has 2 aromatic rings. The van der Waals surface area contributed by atoms with Gasteiger partial charge in [0, 0.05) is 12.1 Å². The lowest BCUT2D eigenvalue weighted by Crippen LogP contribution is -2.15. The highest BCUT2D eigenvalue weighted by Crippen LogP contribution is 2.15. The zero-order valence-electron chi connectivity index (χ0n) is 12.6. The van der Waals surface area contributed by atoms with E-state index in [-0.39, 0.29) is 29.2 Å². The molecule has 0 radical (unpaired) electrons. The summed E-state index contributed by atoms with van der Waals surface area (Å²) < 4.78 is 22.6. The first-order valence-electron chi connectivity index (χ1n) is 7.01. The van der Waals surface area contributed by atoms with E-state index in [9.17, 15) is 18.0 Å². The lowest BCUT2D eigenvalue weighted by Gasteiger charge is -2.08. The van der Waals surface area contributed by atoms with Gasteiger partial charge in [-0.1, -0.05) is 24.3 Å². The quantitative estimate of drug-likeness (QED) is 0.731. The van der Waals surface area contributed by atoms with E-state index in [1.807, 2.05) is 0 Å². The molecule has 1 amide bonds. The zero-order valence-corrected chi connectivity index (χ0v) is 13.4. The molecule has 0 fully saturated rings. The Bertz CT molecular complexity index is 878. The molecule has 24 heavy (non-hydrogen) atoms. The molecule has 7 nitrogen and oxygen atoms in total. The zero-order chi connectivity index (χ0) is 17.7. The second-order valence-corrected chi connectivity index (χ2v) is 6.64. The van der Waals surface area contributed by atoms with E-state index >= 15 is 0 Å². The molecule has 0 atom stereocenters. The van der Waals surface area contributed by atoms with Crippen LogP contribution in [0.3, 0.4) is 0 Å². The van der Waals surface area contributed by atoms with Crippen molar-refractivity contribution in [3.63, 3.8) is 0 Å². The average molecular weight is 348 g/mol. The number of nitrogens with one attached hydrogen (secondary N) is 1. The third kappa shape index (κ3) is 4.64. The smallest absolute Gasteiger partial charge is 0.335 e. The number of carboxylic acids is 1. The number of sulfonamides is 1. The Kier molecular flexibility index (Phi) is 5.32. The molecule has 0 spiro atoms. The van der Waals surface area contributed by atoms with Crippen LogP contribution in [0.25, 0.3) is 0 Å². The van der Waals surface area contributed by atoms with Crippen LogP contribution in [0.2, 0.25) is 0 Å². The Balaban J connectivity index is 2.04. The van der Waals surface area contributed by atoms with Crippen molar-refractivity contribution in [1.29, 1.82) is 0 Å². The van der Waals surface area contributed by atoms with Gasteiger partial charge in [-0.3, -0.25) is 4.79 Å². The van der Waals surface area contributed by atoms with Crippen molar-refractivity contribution in [1.82, 2.24) is 0 Å². The Morgan fingerprint density at radius 3 is 2.46 bits per heavy atom. The minimum atomic E-state index is -3.85. The highest BCUT2D eigenvalue weighted by molar-refractivity contribution is 7.89. The Labute approximate surface area is 139 Å². The lowest BCUT2D eigenvalue weighted by molar-refractivity contribution is -0.116. The predicted octanol–water partition coefficient (Wildman–Crippen LogP) is 1.60. The average Bonchev–Trinajstić information content (AvgIpc) is 2.52. The minimum absolute atomic E-state index is 0.0594. The van der Waals surface area contributed by atoms with Crippen LogP contribution in [-0.2, 0) is 21.2 Å². The van der Waals surface area contributed by atoms with Gasteiger partial charge < -0.3 is 10.4 Å². The maximum absolute atomic E-state index is 12.0. The predicted molar refractivity (Wildman–Crippen MR) is 88.2 cm³/mol. The first-order chi connectivity index (χ1) is 11.3. The molecule has 4 N–H and O–H groups in total. The number of hydrogen-bond donors (Lipinski definition) is 3. The Hall–Kier alpha value is -2.71. The molecule has 0 aliphatic heterocycles. The fourth-order valence-electron chi connectivity index (χ4n) is 2.17. The molecule has 2 aromatic carbocycles. The second kappa shape index (κ2) is 7.24. The van der Waals surface area contributed by atoms with E-state index in [0.717, 1.165) is 0 Å². The number of nitrogens with two attached hydrogens (primary N) is 1. The number of carboxylic acid groups (broad SMARTS) is 1.